The van der Waals surface area contributed by atoms with E-state index >= 15 is 0 Å². The van der Waals surface area contributed by atoms with E-state index in [-0.39, 0.29) is 33.8 Å². The standard InChI is InChI=1S/C28H32F3N7O3S/c1-6-23(39)36-27(4)8-7-16(12-27)38-18-11-21(32-13-19(18)37(5)25(38)40)35-22-10-15(26(2,3)41)9-17(34-22)24-33-14-20(42-24)28(29,30)31/h9-11,13-14,16,41H,6-8,12H2,1-5H3,(H,36,39)(H,32,34,35)/t16-,27+/m1/s1/i5D3. The van der Waals surface area contributed by atoms with Gasteiger partial charge in [-0.05, 0) is 57.7 Å². The second kappa shape index (κ2) is 10.5. The van der Waals surface area contributed by atoms with Gasteiger partial charge in [-0.25, -0.2) is 19.7 Å². The van der Waals surface area contributed by atoms with Crippen molar-refractivity contribution < 1.29 is 27.2 Å². The first kappa shape index (κ1) is 25.9. The van der Waals surface area contributed by atoms with Gasteiger partial charge in [-0.1, -0.05) is 6.92 Å². The van der Waals surface area contributed by atoms with Crippen LogP contribution < -0.4 is 16.3 Å². The summed E-state index contributed by atoms with van der Waals surface area (Å²) in [5.41, 5.74) is -1.92. The SMILES string of the molecule is [2H]C([2H])([2H])n1c(=O)n([C@@H]2CC[C@](C)(NC(=O)CC)C2)c2cc(Nc3cc(C(C)(C)O)cc(-c4ncc(C(F)(F)F)s4)n3)ncc21. The molecule has 0 radical (unpaired) electrons. The summed E-state index contributed by atoms with van der Waals surface area (Å²) in [6, 6.07) is 4.04. The highest BCUT2D eigenvalue weighted by Crippen LogP contribution is 2.40. The van der Waals surface area contributed by atoms with Crippen LogP contribution in [0.25, 0.3) is 21.7 Å². The molecule has 0 spiro atoms. The van der Waals surface area contributed by atoms with Crippen LogP contribution in [0.3, 0.4) is 0 Å². The van der Waals surface area contributed by atoms with E-state index in [2.05, 4.69) is 25.6 Å². The van der Waals surface area contributed by atoms with Gasteiger partial charge in [0.15, 0.2) is 0 Å². The van der Waals surface area contributed by atoms with Crippen LogP contribution in [0.1, 0.15) is 74.0 Å². The van der Waals surface area contributed by atoms with E-state index in [4.69, 9.17) is 4.11 Å². The lowest BCUT2D eigenvalue weighted by molar-refractivity contribution is -0.134. The Kier molecular flexibility index (Phi) is 6.47. The van der Waals surface area contributed by atoms with Crippen molar-refractivity contribution in [2.45, 2.75) is 76.7 Å². The Morgan fingerprint density at radius 2 is 1.98 bits per heavy atom. The summed E-state index contributed by atoms with van der Waals surface area (Å²) in [6.07, 6.45) is -0.813. The van der Waals surface area contributed by atoms with Crippen molar-refractivity contribution in [2.24, 2.45) is 6.98 Å². The Morgan fingerprint density at radius 1 is 1.21 bits per heavy atom. The summed E-state index contributed by atoms with van der Waals surface area (Å²) in [5.74, 6) is 0.166. The second-order valence-corrected chi connectivity index (χ2v) is 12.3. The van der Waals surface area contributed by atoms with Crippen molar-refractivity contribution >= 4 is 39.9 Å². The highest BCUT2D eigenvalue weighted by molar-refractivity contribution is 7.15. The summed E-state index contributed by atoms with van der Waals surface area (Å²) in [6.45, 7) is 3.86. The number of carbonyl (C=O) groups is 1. The van der Waals surface area contributed by atoms with Crippen molar-refractivity contribution in [3.8, 4) is 10.7 Å². The van der Waals surface area contributed by atoms with Crippen LogP contribution in [0.4, 0.5) is 24.8 Å². The first-order valence-electron chi connectivity index (χ1n) is 14.8. The van der Waals surface area contributed by atoms with Gasteiger partial charge in [0, 0.05) is 35.2 Å². The molecule has 42 heavy (non-hydrogen) atoms. The van der Waals surface area contributed by atoms with Gasteiger partial charge in [0.05, 0.1) is 29.0 Å². The van der Waals surface area contributed by atoms with E-state index in [1.165, 1.54) is 42.8 Å². The van der Waals surface area contributed by atoms with E-state index in [1.54, 1.807) is 6.92 Å². The summed E-state index contributed by atoms with van der Waals surface area (Å²) in [7, 11) is 0. The van der Waals surface area contributed by atoms with Crippen molar-refractivity contribution in [1.29, 1.82) is 0 Å². The number of anilines is 2. The Balaban J connectivity index is 1.58. The average Bonchev–Trinajstić information content (AvgIpc) is 3.63. The maximum Gasteiger partial charge on any atom is 0.427 e. The smallest absolute Gasteiger partial charge is 0.386 e. The summed E-state index contributed by atoms with van der Waals surface area (Å²) in [5, 5.41) is 16.7. The molecule has 4 aromatic rings. The van der Waals surface area contributed by atoms with Crippen LogP contribution in [-0.2, 0) is 23.5 Å². The fourth-order valence-corrected chi connectivity index (χ4v) is 5.96. The third kappa shape index (κ3) is 5.77. The molecular weight excluding hydrogens is 571 g/mol. The number of carbonyl (C=O) groups excluding carboxylic acids is 1. The molecule has 224 valence electrons. The lowest BCUT2D eigenvalue weighted by atomic mass is 9.98. The minimum atomic E-state index is -4.58. The predicted molar refractivity (Wildman–Crippen MR) is 154 cm³/mol. The lowest BCUT2D eigenvalue weighted by Gasteiger charge is -2.26. The maximum atomic E-state index is 13.6. The highest BCUT2D eigenvalue weighted by Gasteiger charge is 2.38. The molecule has 1 aliphatic rings. The Hall–Kier alpha value is -3.78. The topological polar surface area (TPSA) is 127 Å². The molecule has 0 saturated heterocycles. The minimum Gasteiger partial charge on any atom is -0.386 e. The molecule has 5 rings (SSSR count). The first-order valence-corrected chi connectivity index (χ1v) is 14.1. The minimum absolute atomic E-state index is 0.0112. The van der Waals surface area contributed by atoms with Crippen molar-refractivity contribution in [3.63, 3.8) is 0 Å². The van der Waals surface area contributed by atoms with Crippen LogP contribution >= 0.6 is 11.3 Å². The number of nitrogens with one attached hydrogen (secondary N) is 2. The highest BCUT2D eigenvalue weighted by atomic mass is 32.1. The van der Waals surface area contributed by atoms with E-state index in [0.29, 0.717) is 52.7 Å². The zero-order valence-corrected chi connectivity index (χ0v) is 24.2. The van der Waals surface area contributed by atoms with Gasteiger partial charge >= 0.3 is 11.9 Å². The summed E-state index contributed by atoms with van der Waals surface area (Å²) >= 11 is 0.413. The summed E-state index contributed by atoms with van der Waals surface area (Å²) < 4.78 is 65.9. The number of rotatable bonds is 7. The number of thiazole rings is 1. The number of halogens is 3. The molecular formula is C28H32F3N7O3S. The molecule has 1 amide bonds. The van der Waals surface area contributed by atoms with Crippen LogP contribution in [0.2, 0.25) is 0 Å². The third-order valence-corrected chi connectivity index (χ3v) is 8.46. The zero-order chi connectivity index (χ0) is 33.1. The normalized spacial score (nSPS) is 20.8. The van der Waals surface area contributed by atoms with Crippen molar-refractivity contribution in [1.82, 2.24) is 29.4 Å². The van der Waals surface area contributed by atoms with Crippen LogP contribution in [0.5, 0.6) is 0 Å². The number of aryl methyl sites for hydroxylation is 1. The molecule has 10 nitrogen and oxygen atoms in total. The van der Waals surface area contributed by atoms with Crippen LogP contribution in [0.15, 0.2) is 35.4 Å². The fraction of sp³-hybridized carbons (Fsp3) is 0.464. The number of hydrogen-bond acceptors (Lipinski definition) is 8. The maximum absolute atomic E-state index is 13.6. The number of amides is 1. The molecule has 1 fully saturated rings. The molecule has 2 atom stereocenters. The molecule has 1 saturated carbocycles. The van der Waals surface area contributed by atoms with E-state index < -0.39 is 40.9 Å². The number of fused-ring (bicyclic) bond motifs is 1. The molecule has 4 aromatic heterocycles. The van der Waals surface area contributed by atoms with Gasteiger partial charge in [-0.15, -0.1) is 11.3 Å². The number of hydrogen-bond donors (Lipinski definition) is 3. The first-order chi connectivity index (χ1) is 20.8. The number of nitrogens with zero attached hydrogens (tertiary/aromatic N) is 5. The fourth-order valence-electron chi connectivity index (χ4n) is 5.22. The van der Waals surface area contributed by atoms with E-state index in [9.17, 15) is 27.9 Å². The summed E-state index contributed by atoms with van der Waals surface area (Å²) in [4.78, 5) is 37.5. The molecule has 0 aromatic carbocycles. The van der Waals surface area contributed by atoms with Gasteiger partial charge in [0.25, 0.3) is 0 Å². The van der Waals surface area contributed by atoms with Crippen LogP contribution in [-0.4, -0.2) is 40.6 Å². The van der Waals surface area contributed by atoms with Crippen molar-refractivity contribution in [2.75, 3.05) is 5.32 Å². The van der Waals surface area contributed by atoms with Gasteiger partial charge < -0.3 is 15.7 Å². The number of imidazole rings is 1. The number of aromatic nitrogens is 5. The number of alkyl halides is 3. The molecule has 1 aliphatic carbocycles. The Bertz CT molecular complexity index is 1830. The van der Waals surface area contributed by atoms with E-state index in [1.807, 2.05) is 6.92 Å². The Morgan fingerprint density at radius 3 is 2.62 bits per heavy atom. The molecule has 0 unspecified atom stereocenters. The van der Waals surface area contributed by atoms with E-state index in [0.717, 1.165) is 6.20 Å². The average molecular weight is 607 g/mol. The third-order valence-electron chi connectivity index (χ3n) is 7.39. The molecule has 4 heterocycles. The molecule has 0 aliphatic heterocycles. The van der Waals surface area contributed by atoms with Gasteiger partial charge in [0.1, 0.15) is 27.2 Å². The second-order valence-electron chi connectivity index (χ2n) is 11.2. The predicted octanol–water partition coefficient (Wildman–Crippen LogP) is 5.25. The zero-order valence-electron chi connectivity index (χ0n) is 26.3. The molecule has 14 heteroatoms. The number of aliphatic hydroxyl groups is 1. The largest absolute Gasteiger partial charge is 0.427 e. The van der Waals surface area contributed by atoms with Gasteiger partial charge in [-0.2, -0.15) is 13.2 Å². The quantitative estimate of drug-likeness (QED) is 0.262. The van der Waals surface area contributed by atoms with Gasteiger partial charge in [-0.3, -0.25) is 13.9 Å². The molecule has 0 bridgehead atoms. The van der Waals surface area contributed by atoms with Crippen molar-refractivity contribution in [3.05, 3.63) is 51.5 Å². The van der Waals surface area contributed by atoms with Crippen LogP contribution in [0, 0.1) is 0 Å². The molecule has 3 N–H and O–H groups in total. The monoisotopic (exact) mass is 606 g/mol. The Labute approximate surface area is 247 Å². The lowest BCUT2D eigenvalue weighted by Crippen LogP contribution is -2.44. The van der Waals surface area contributed by atoms with Gasteiger partial charge in [0.2, 0.25) is 5.91 Å². The number of pyridine rings is 2.